The highest BCUT2D eigenvalue weighted by atomic mass is 32.2. The Balaban J connectivity index is 1.68. The van der Waals surface area contributed by atoms with Crippen LogP contribution in [0.15, 0.2) is 64.0 Å². The number of nitrogens with zero attached hydrogens (tertiary/aromatic N) is 3. The van der Waals surface area contributed by atoms with E-state index in [-0.39, 0.29) is 17.1 Å². The maximum Gasteiger partial charge on any atom is 0.501 e. The van der Waals surface area contributed by atoms with Crippen molar-refractivity contribution in [2.45, 2.75) is 23.7 Å². The van der Waals surface area contributed by atoms with Gasteiger partial charge in [-0.15, -0.1) is 0 Å². The number of pyridine rings is 1. The van der Waals surface area contributed by atoms with Crippen LogP contribution in [0.5, 0.6) is 0 Å². The number of aryl methyl sites for hydroxylation is 1. The number of anilines is 1. The van der Waals surface area contributed by atoms with Gasteiger partial charge in [0.15, 0.2) is 5.58 Å². The minimum atomic E-state index is -5.84. The molecule has 12 heteroatoms. The van der Waals surface area contributed by atoms with Crippen molar-refractivity contribution in [3.63, 3.8) is 0 Å². The Labute approximate surface area is 197 Å². The van der Waals surface area contributed by atoms with Gasteiger partial charge in [0.05, 0.1) is 27.7 Å². The van der Waals surface area contributed by atoms with Crippen LogP contribution in [0.1, 0.15) is 28.5 Å². The molecule has 0 saturated heterocycles. The van der Waals surface area contributed by atoms with Crippen molar-refractivity contribution in [3.05, 3.63) is 71.5 Å². The summed E-state index contributed by atoms with van der Waals surface area (Å²) in [4.78, 5) is 20.2. The number of halogens is 3. The number of alkyl halides is 3. The predicted octanol–water partition coefficient (Wildman–Crippen LogP) is 4.87. The van der Waals surface area contributed by atoms with Crippen molar-refractivity contribution >= 4 is 32.5 Å². The van der Waals surface area contributed by atoms with E-state index >= 15 is 0 Å². The van der Waals surface area contributed by atoms with Gasteiger partial charge in [-0.25, -0.2) is 13.4 Å². The van der Waals surface area contributed by atoms with Crippen molar-refractivity contribution in [1.82, 2.24) is 9.97 Å². The largest absolute Gasteiger partial charge is 0.501 e. The lowest BCUT2D eigenvalue weighted by Gasteiger charge is -2.13. The second-order valence-electron chi connectivity index (χ2n) is 7.32. The van der Waals surface area contributed by atoms with E-state index in [1.807, 2.05) is 13.0 Å². The second kappa shape index (κ2) is 8.84. The highest BCUT2D eigenvalue weighted by molar-refractivity contribution is 7.92. The standard InChI is InChI=1S/C23H15F3N4O4S/c1-2-15-5-4-14(12-28-15)22-30-18-10-16(6-7-19(18)34-22)29-21(31)17-9-13(11-27)3-8-20(17)35(32,33)23(24,25)26/h3-10,12H,2H2,1H3,(H,29,31). The van der Waals surface area contributed by atoms with E-state index in [0.717, 1.165) is 24.2 Å². The lowest BCUT2D eigenvalue weighted by Crippen LogP contribution is -2.26. The van der Waals surface area contributed by atoms with Gasteiger partial charge in [0.2, 0.25) is 5.89 Å². The third-order valence-electron chi connectivity index (χ3n) is 5.03. The molecular formula is C23H15F3N4O4S. The lowest BCUT2D eigenvalue weighted by molar-refractivity contribution is -0.0436. The summed E-state index contributed by atoms with van der Waals surface area (Å²) in [6, 6.07) is 11.9. The molecule has 0 atom stereocenters. The van der Waals surface area contributed by atoms with E-state index in [1.165, 1.54) is 18.2 Å². The van der Waals surface area contributed by atoms with Crippen LogP contribution in [0.3, 0.4) is 0 Å². The number of hydrogen-bond acceptors (Lipinski definition) is 7. The summed E-state index contributed by atoms with van der Waals surface area (Å²) in [5.41, 5.74) is -4.27. The Kier molecular flexibility index (Phi) is 6.04. The smallest absolute Gasteiger partial charge is 0.436 e. The van der Waals surface area contributed by atoms with E-state index in [4.69, 9.17) is 9.68 Å². The number of benzene rings is 2. The number of aromatic nitrogens is 2. The number of fused-ring (bicyclic) bond motifs is 1. The Morgan fingerprint density at radius 1 is 1.14 bits per heavy atom. The first-order chi connectivity index (χ1) is 16.5. The minimum absolute atomic E-state index is 0.125. The molecule has 4 rings (SSSR count). The summed E-state index contributed by atoms with van der Waals surface area (Å²) in [6.45, 7) is 1.97. The first-order valence-corrected chi connectivity index (χ1v) is 11.5. The minimum Gasteiger partial charge on any atom is -0.436 e. The summed E-state index contributed by atoms with van der Waals surface area (Å²) in [5.74, 6) is -0.869. The van der Waals surface area contributed by atoms with Crippen LogP contribution in [-0.4, -0.2) is 29.8 Å². The predicted molar refractivity (Wildman–Crippen MR) is 119 cm³/mol. The maximum absolute atomic E-state index is 13.1. The molecule has 0 fully saturated rings. The molecule has 1 amide bonds. The first-order valence-electron chi connectivity index (χ1n) is 10.1. The van der Waals surface area contributed by atoms with E-state index in [1.54, 1.807) is 18.3 Å². The number of hydrogen-bond donors (Lipinski definition) is 1. The second-order valence-corrected chi connectivity index (χ2v) is 9.23. The van der Waals surface area contributed by atoms with Crippen LogP contribution >= 0.6 is 0 Å². The number of oxazole rings is 1. The Bertz CT molecular complexity index is 1590. The van der Waals surface area contributed by atoms with E-state index < -0.39 is 31.7 Å². The van der Waals surface area contributed by atoms with E-state index in [0.29, 0.717) is 22.7 Å². The average molecular weight is 500 g/mol. The SMILES string of the molecule is CCc1ccc(-c2nc3cc(NC(=O)c4cc(C#N)ccc4S(=O)(=O)C(F)(F)F)ccc3o2)cn1. The molecule has 4 aromatic rings. The van der Waals surface area contributed by atoms with Gasteiger partial charge in [0.25, 0.3) is 15.7 Å². The quantitative estimate of drug-likeness (QED) is 0.414. The fraction of sp³-hybridized carbons (Fsp3) is 0.130. The van der Waals surface area contributed by atoms with Crippen molar-refractivity contribution < 1.29 is 30.8 Å². The molecular weight excluding hydrogens is 485 g/mol. The topological polar surface area (TPSA) is 126 Å². The Morgan fingerprint density at radius 3 is 2.54 bits per heavy atom. The van der Waals surface area contributed by atoms with Gasteiger partial charge in [0.1, 0.15) is 5.52 Å². The van der Waals surface area contributed by atoms with Crippen molar-refractivity contribution in [3.8, 4) is 17.5 Å². The van der Waals surface area contributed by atoms with E-state index in [2.05, 4.69) is 15.3 Å². The molecule has 2 aromatic carbocycles. The number of rotatable bonds is 5. The molecule has 0 bridgehead atoms. The van der Waals surface area contributed by atoms with Gasteiger partial charge in [-0.2, -0.15) is 18.4 Å². The molecule has 178 valence electrons. The molecule has 0 unspecified atom stereocenters. The molecule has 0 spiro atoms. The van der Waals surface area contributed by atoms with Gasteiger partial charge < -0.3 is 9.73 Å². The van der Waals surface area contributed by atoms with Crippen LogP contribution in [-0.2, 0) is 16.3 Å². The lowest BCUT2D eigenvalue weighted by atomic mass is 10.1. The zero-order valence-electron chi connectivity index (χ0n) is 17.9. The summed E-state index contributed by atoms with van der Waals surface area (Å²) in [6.07, 6.45) is 2.37. The number of nitriles is 1. The van der Waals surface area contributed by atoms with E-state index in [9.17, 15) is 26.4 Å². The highest BCUT2D eigenvalue weighted by Crippen LogP contribution is 2.33. The Hall–Kier alpha value is -4.24. The molecule has 0 aliphatic heterocycles. The summed E-state index contributed by atoms with van der Waals surface area (Å²) in [7, 11) is -5.84. The first kappa shape index (κ1) is 23.9. The molecule has 0 aliphatic rings. The molecule has 2 aromatic heterocycles. The van der Waals surface area contributed by atoms with Crippen molar-refractivity contribution in [2.75, 3.05) is 5.32 Å². The van der Waals surface area contributed by atoms with Crippen molar-refractivity contribution in [2.24, 2.45) is 0 Å². The van der Waals surface area contributed by atoms with Gasteiger partial charge >= 0.3 is 5.51 Å². The molecule has 2 heterocycles. The molecule has 0 radical (unpaired) electrons. The van der Waals surface area contributed by atoms with Crippen LogP contribution in [0, 0.1) is 11.3 Å². The van der Waals surface area contributed by atoms with Crippen LogP contribution in [0.2, 0.25) is 0 Å². The highest BCUT2D eigenvalue weighted by Gasteiger charge is 2.48. The van der Waals surface area contributed by atoms with Crippen LogP contribution < -0.4 is 5.32 Å². The van der Waals surface area contributed by atoms with Gasteiger partial charge in [-0.3, -0.25) is 9.78 Å². The summed E-state index contributed by atoms with van der Waals surface area (Å²) in [5, 5.41) is 11.4. The van der Waals surface area contributed by atoms with Gasteiger partial charge in [0, 0.05) is 17.6 Å². The fourth-order valence-corrected chi connectivity index (χ4v) is 4.16. The number of carbonyl (C=O) groups is 1. The average Bonchev–Trinajstić information content (AvgIpc) is 3.26. The Morgan fingerprint density at radius 2 is 1.91 bits per heavy atom. The third-order valence-corrected chi connectivity index (χ3v) is 6.57. The van der Waals surface area contributed by atoms with Crippen molar-refractivity contribution in [1.29, 1.82) is 5.26 Å². The molecule has 1 N–H and O–H groups in total. The summed E-state index contributed by atoms with van der Waals surface area (Å²) < 4.78 is 69.0. The normalized spacial score (nSPS) is 11.9. The zero-order chi connectivity index (χ0) is 25.4. The maximum atomic E-state index is 13.1. The molecule has 35 heavy (non-hydrogen) atoms. The number of sulfone groups is 1. The molecule has 8 nitrogen and oxygen atoms in total. The molecule has 0 saturated carbocycles. The van der Waals surface area contributed by atoms with Crippen LogP contribution in [0.25, 0.3) is 22.6 Å². The number of nitrogens with one attached hydrogen (secondary N) is 1. The van der Waals surface area contributed by atoms with Gasteiger partial charge in [-0.1, -0.05) is 6.92 Å². The van der Waals surface area contributed by atoms with Crippen LogP contribution in [0.4, 0.5) is 18.9 Å². The monoisotopic (exact) mass is 500 g/mol. The van der Waals surface area contributed by atoms with Gasteiger partial charge in [-0.05, 0) is 55.0 Å². The zero-order valence-corrected chi connectivity index (χ0v) is 18.7. The third kappa shape index (κ3) is 4.58. The molecule has 0 aliphatic carbocycles. The fourth-order valence-electron chi connectivity index (χ4n) is 3.22. The number of carbonyl (C=O) groups excluding carboxylic acids is 1. The number of amides is 1. The summed E-state index contributed by atoms with van der Waals surface area (Å²) >= 11 is 0.